The van der Waals surface area contributed by atoms with Gasteiger partial charge in [0.2, 0.25) is 0 Å². The summed E-state index contributed by atoms with van der Waals surface area (Å²) >= 11 is 5.84. The molecule has 9 heteroatoms. The van der Waals surface area contributed by atoms with Crippen LogP contribution in [-0.2, 0) is 14.9 Å². The topological polar surface area (TPSA) is 105 Å². The van der Waals surface area contributed by atoms with Crippen LogP contribution in [0.5, 0.6) is 11.5 Å². The van der Waals surface area contributed by atoms with Crippen molar-refractivity contribution in [3.05, 3.63) is 89.0 Å². The second kappa shape index (κ2) is 10.0. The van der Waals surface area contributed by atoms with Crippen LogP contribution in [0.15, 0.2) is 83.3 Å². The van der Waals surface area contributed by atoms with Crippen LogP contribution in [0.2, 0.25) is 5.02 Å². The molecule has 162 valence electrons. The number of hydrogen-bond donors (Lipinski definition) is 1. The summed E-state index contributed by atoms with van der Waals surface area (Å²) < 4.78 is 36.0. The zero-order chi connectivity index (χ0) is 23.1. The lowest BCUT2D eigenvalue weighted by Gasteiger charge is -2.13. The van der Waals surface area contributed by atoms with Gasteiger partial charge in [-0.2, -0.15) is 13.7 Å². The first kappa shape index (κ1) is 22.9. The third-order valence-corrected chi connectivity index (χ3v) is 5.71. The number of para-hydroxylation sites is 1. The van der Waals surface area contributed by atoms with Gasteiger partial charge in [0, 0.05) is 16.3 Å². The van der Waals surface area contributed by atoms with E-state index in [4.69, 9.17) is 20.5 Å². The summed E-state index contributed by atoms with van der Waals surface area (Å²) in [5.74, 6) is -0.714. The Morgan fingerprint density at radius 2 is 1.72 bits per heavy atom. The average Bonchev–Trinajstić information content (AvgIpc) is 2.80. The van der Waals surface area contributed by atoms with Crippen LogP contribution in [0.25, 0.3) is 6.08 Å². The van der Waals surface area contributed by atoms with Gasteiger partial charge in [0.05, 0.1) is 7.11 Å². The van der Waals surface area contributed by atoms with E-state index in [-0.39, 0.29) is 27.5 Å². The maximum Gasteiger partial charge on any atom is 0.339 e. The SMILES string of the molecule is COc1cccc(/C=C(\C#N)C(=O)Nc2ccc(Cl)cc2)c1OS(=O)(=O)c1ccccc1. The Morgan fingerprint density at radius 3 is 2.34 bits per heavy atom. The number of hydrogen-bond acceptors (Lipinski definition) is 6. The second-order valence-corrected chi connectivity index (χ2v) is 8.34. The van der Waals surface area contributed by atoms with Gasteiger partial charge in [-0.3, -0.25) is 4.79 Å². The zero-order valence-electron chi connectivity index (χ0n) is 16.8. The average molecular weight is 469 g/mol. The number of benzene rings is 3. The molecule has 0 saturated heterocycles. The first-order chi connectivity index (χ1) is 15.3. The van der Waals surface area contributed by atoms with Gasteiger partial charge >= 0.3 is 10.1 Å². The predicted molar refractivity (Wildman–Crippen MR) is 121 cm³/mol. The van der Waals surface area contributed by atoms with Gasteiger partial charge in [0.15, 0.2) is 11.5 Å². The highest BCUT2D eigenvalue weighted by Crippen LogP contribution is 2.35. The van der Waals surface area contributed by atoms with E-state index in [0.717, 1.165) is 0 Å². The Morgan fingerprint density at radius 1 is 1.03 bits per heavy atom. The zero-order valence-corrected chi connectivity index (χ0v) is 18.4. The third kappa shape index (κ3) is 5.46. The molecule has 0 saturated carbocycles. The quantitative estimate of drug-likeness (QED) is 0.307. The molecule has 0 fully saturated rings. The number of rotatable bonds is 7. The number of halogens is 1. The van der Waals surface area contributed by atoms with Crippen LogP contribution in [0, 0.1) is 11.3 Å². The van der Waals surface area contributed by atoms with Crippen molar-refractivity contribution in [3.63, 3.8) is 0 Å². The van der Waals surface area contributed by atoms with E-state index in [1.165, 1.54) is 37.5 Å². The first-order valence-corrected chi connectivity index (χ1v) is 11.0. The Labute approximate surface area is 190 Å². The number of methoxy groups -OCH3 is 1. The smallest absolute Gasteiger partial charge is 0.339 e. The fourth-order valence-electron chi connectivity index (χ4n) is 2.68. The molecule has 0 aliphatic carbocycles. The third-order valence-electron chi connectivity index (χ3n) is 4.22. The number of carbonyl (C=O) groups excluding carboxylic acids is 1. The fourth-order valence-corrected chi connectivity index (χ4v) is 3.79. The molecule has 3 aromatic carbocycles. The maximum absolute atomic E-state index is 12.7. The summed E-state index contributed by atoms with van der Waals surface area (Å²) in [5.41, 5.74) is 0.344. The number of nitriles is 1. The molecule has 0 radical (unpaired) electrons. The van der Waals surface area contributed by atoms with Crippen molar-refractivity contribution in [1.29, 1.82) is 5.26 Å². The van der Waals surface area contributed by atoms with E-state index >= 15 is 0 Å². The van der Waals surface area contributed by atoms with Crippen LogP contribution < -0.4 is 14.2 Å². The van der Waals surface area contributed by atoms with Crippen LogP contribution in [0.1, 0.15) is 5.56 Å². The molecule has 1 N–H and O–H groups in total. The molecule has 0 heterocycles. The minimum atomic E-state index is -4.19. The lowest BCUT2D eigenvalue weighted by molar-refractivity contribution is -0.112. The lowest BCUT2D eigenvalue weighted by atomic mass is 10.1. The molecule has 0 atom stereocenters. The maximum atomic E-state index is 12.7. The Hall–Kier alpha value is -3.80. The Balaban J connectivity index is 1.98. The van der Waals surface area contributed by atoms with Crippen molar-refractivity contribution in [2.75, 3.05) is 12.4 Å². The van der Waals surface area contributed by atoms with Crippen molar-refractivity contribution in [1.82, 2.24) is 0 Å². The van der Waals surface area contributed by atoms with Crippen molar-refractivity contribution in [2.24, 2.45) is 0 Å². The van der Waals surface area contributed by atoms with E-state index in [9.17, 15) is 18.5 Å². The van der Waals surface area contributed by atoms with Gasteiger partial charge in [-0.15, -0.1) is 0 Å². The minimum absolute atomic E-state index is 0.0539. The molecule has 0 unspecified atom stereocenters. The van der Waals surface area contributed by atoms with Gasteiger partial charge in [0.25, 0.3) is 5.91 Å². The standard InChI is InChI=1S/C23H17ClN2O5S/c1-30-21-9-5-6-16(22(21)31-32(28,29)20-7-3-2-4-8-20)14-17(15-25)23(27)26-19-12-10-18(24)11-13-19/h2-14H,1H3,(H,26,27)/b17-14+. The monoisotopic (exact) mass is 468 g/mol. The minimum Gasteiger partial charge on any atom is -0.493 e. The largest absolute Gasteiger partial charge is 0.493 e. The molecule has 32 heavy (non-hydrogen) atoms. The van der Waals surface area contributed by atoms with E-state index < -0.39 is 16.0 Å². The normalized spacial score (nSPS) is 11.3. The molecule has 0 aliphatic heterocycles. The van der Waals surface area contributed by atoms with Gasteiger partial charge in [-0.05, 0) is 48.5 Å². The van der Waals surface area contributed by atoms with Crippen molar-refractivity contribution < 1.29 is 22.1 Å². The van der Waals surface area contributed by atoms with Crippen molar-refractivity contribution >= 4 is 39.4 Å². The highest BCUT2D eigenvalue weighted by atomic mass is 35.5. The molecule has 7 nitrogen and oxygen atoms in total. The summed E-state index contributed by atoms with van der Waals surface area (Å²) in [6, 6.07) is 20.3. The van der Waals surface area contributed by atoms with Crippen molar-refractivity contribution in [3.8, 4) is 17.6 Å². The molecule has 3 aromatic rings. The molecular weight excluding hydrogens is 452 g/mol. The summed E-state index contributed by atoms with van der Waals surface area (Å²) in [4.78, 5) is 12.5. The molecule has 0 aliphatic rings. The highest BCUT2D eigenvalue weighted by Gasteiger charge is 2.22. The second-order valence-electron chi connectivity index (χ2n) is 6.36. The van der Waals surface area contributed by atoms with Crippen molar-refractivity contribution in [2.45, 2.75) is 4.90 Å². The number of nitrogens with zero attached hydrogens (tertiary/aromatic N) is 1. The highest BCUT2D eigenvalue weighted by molar-refractivity contribution is 7.87. The molecule has 0 spiro atoms. The van der Waals surface area contributed by atoms with Gasteiger partial charge < -0.3 is 14.2 Å². The number of ether oxygens (including phenoxy) is 1. The van der Waals surface area contributed by atoms with E-state index in [1.807, 2.05) is 6.07 Å². The van der Waals surface area contributed by atoms with E-state index in [2.05, 4.69) is 5.32 Å². The molecule has 3 rings (SSSR count). The summed E-state index contributed by atoms with van der Waals surface area (Å²) in [5, 5.41) is 12.6. The fraction of sp³-hybridized carbons (Fsp3) is 0.0435. The van der Waals surface area contributed by atoms with Gasteiger partial charge in [-0.25, -0.2) is 0 Å². The number of carbonyl (C=O) groups is 1. The molecular formula is C23H17ClN2O5S. The van der Waals surface area contributed by atoms with Gasteiger partial charge in [-0.1, -0.05) is 41.9 Å². The lowest BCUT2D eigenvalue weighted by Crippen LogP contribution is -2.14. The van der Waals surface area contributed by atoms with Crippen LogP contribution in [-0.4, -0.2) is 21.4 Å². The van der Waals surface area contributed by atoms with E-state index in [0.29, 0.717) is 10.7 Å². The first-order valence-electron chi connectivity index (χ1n) is 9.19. The summed E-state index contributed by atoms with van der Waals surface area (Å²) in [7, 11) is -2.84. The number of anilines is 1. The van der Waals surface area contributed by atoms with Crippen LogP contribution in [0.3, 0.4) is 0 Å². The van der Waals surface area contributed by atoms with Gasteiger partial charge in [0.1, 0.15) is 16.5 Å². The number of nitrogens with one attached hydrogen (secondary N) is 1. The molecule has 0 bridgehead atoms. The summed E-state index contributed by atoms with van der Waals surface area (Å²) in [6.45, 7) is 0. The molecule has 1 amide bonds. The summed E-state index contributed by atoms with van der Waals surface area (Å²) in [6.07, 6.45) is 1.23. The number of amides is 1. The van der Waals surface area contributed by atoms with E-state index in [1.54, 1.807) is 48.5 Å². The van der Waals surface area contributed by atoms with Crippen LogP contribution >= 0.6 is 11.6 Å². The Kier molecular flexibility index (Phi) is 7.15. The Bertz CT molecular complexity index is 1300. The van der Waals surface area contributed by atoms with Crippen LogP contribution in [0.4, 0.5) is 5.69 Å². The predicted octanol–water partition coefficient (Wildman–Crippen LogP) is 4.66. The molecule has 0 aromatic heterocycles.